The number of carbonyl (C=O) groups is 1. The standard InChI is InChI=1S/C12H11NO3S2/c14-6-5-13-11(16)10(18-12(13)17)7-8-1-3-9(15)4-2-8/h1-4,7,14-15H,5-6H2/b10-7-. The molecule has 0 spiro atoms. The molecule has 0 unspecified atom stereocenters. The van der Waals surface area contributed by atoms with E-state index >= 15 is 0 Å². The number of β-amino-alcohol motifs (C(OH)–C–C–N with tert-alkyl or cyclic N) is 1. The van der Waals surface area contributed by atoms with E-state index in [2.05, 4.69) is 0 Å². The molecule has 18 heavy (non-hydrogen) atoms. The number of aliphatic hydroxyl groups is 1. The van der Waals surface area contributed by atoms with Crippen LogP contribution in [-0.2, 0) is 4.79 Å². The number of carbonyl (C=O) groups excluding carboxylic acids is 1. The van der Waals surface area contributed by atoms with Gasteiger partial charge in [0.15, 0.2) is 0 Å². The van der Waals surface area contributed by atoms with Gasteiger partial charge in [0.2, 0.25) is 0 Å². The number of aliphatic hydroxyl groups excluding tert-OH is 1. The lowest BCUT2D eigenvalue weighted by molar-refractivity contribution is -0.122. The highest BCUT2D eigenvalue weighted by molar-refractivity contribution is 8.26. The number of rotatable bonds is 3. The molecule has 1 aliphatic rings. The molecule has 6 heteroatoms. The fourth-order valence-electron chi connectivity index (χ4n) is 1.51. The quantitative estimate of drug-likeness (QED) is 0.651. The van der Waals surface area contributed by atoms with Crippen molar-refractivity contribution in [2.75, 3.05) is 13.2 Å². The van der Waals surface area contributed by atoms with Gasteiger partial charge in [0.1, 0.15) is 10.1 Å². The number of phenols is 1. The molecule has 0 bridgehead atoms. The highest BCUT2D eigenvalue weighted by Gasteiger charge is 2.31. The highest BCUT2D eigenvalue weighted by atomic mass is 32.2. The normalized spacial score (nSPS) is 17.8. The van der Waals surface area contributed by atoms with Crippen LogP contribution < -0.4 is 0 Å². The van der Waals surface area contributed by atoms with Crippen LogP contribution >= 0.6 is 24.0 Å². The minimum atomic E-state index is -0.188. The first-order chi connectivity index (χ1) is 8.61. The van der Waals surface area contributed by atoms with Gasteiger partial charge in [-0.05, 0) is 23.8 Å². The lowest BCUT2D eigenvalue weighted by Crippen LogP contribution is -2.30. The molecule has 1 aliphatic heterocycles. The molecule has 0 aliphatic carbocycles. The smallest absolute Gasteiger partial charge is 0.266 e. The maximum Gasteiger partial charge on any atom is 0.266 e. The Kier molecular flexibility index (Phi) is 4.00. The first-order valence-corrected chi connectivity index (χ1v) is 6.49. The number of nitrogens with zero attached hydrogens (tertiary/aromatic N) is 1. The molecule has 1 aromatic carbocycles. The van der Waals surface area contributed by atoms with Gasteiger partial charge in [-0.2, -0.15) is 0 Å². The molecule has 4 nitrogen and oxygen atoms in total. The van der Waals surface area contributed by atoms with Gasteiger partial charge in [-0.1, -0.05) is 36.1 Å². The van der Waals surface area contributed by atoms with Crippen LogP contribution in [0.4, 0.5) is 0 Å². The van der Waals surface area contributed by atoms with E-state index in [1.165, 1.54) is 16.7 Å². The molecule has 1 aromatic rings. The number of thioether (sulfide) groups is 1. The van der Waals surface area contributed by atoms with E-state index in [9.17, 15) is 9.90 Å². The van der Waals surface area contributed by atoms with Crippen molar-refractivity contribution < 1.29 is 15.0 Å². The van der Waals surface area contributed by atoms with Crippen molar-refractivity contribution >= 4 is 40.3 Å². The maximum atomic E-state index is 12.0. The van der Waals surface area contributed by atoms with Gasteiger partial charge in [-0.15, -0.1) is 0 Å². The second-order valence-electron chi connectivity index (χ2n) is 3.65. The fourth-order valence-corrected chi connectivity index (χ4v) is 2.82. The summed E-state index contributed by atoms with van der Waals surface area (Å²) < 4.78 is 0.457. The molecule has 1 amide bonds. The van der Waals surface area contributed by atoms with Crippen molar-refractivity contribution in [3.05, 3.63) is 34.7 Å². The highest BCUT2D eigenvalue weighted by Crippen LogP contribution is 2.32. The molecule has 0 aromatic heterocycles. The Hall–Kier alpha value is -1.37. The molecule has 1 fully saturated rings. The minimum absolute atomic E-state index is 0.112. The first-order valence-electron chi connectivity index (χ1n) is 5.27. The molecule has 2 N–H and O–H groups in total. The zero-order valence-corrected chi connectivity index (χ0v) is 11.0. The molecular weight excluding hydrogens is 270 g/mol. The third-order valence-electron chi connectivity index (χ3n) is 2.39. The monoisotopic (exact) mass is 281 g/mol. The Morgan fingerprint density at radius 3 is 2.61 bits per heavy atom. The van der Waals surface area contributed by atoms with Gasteiger partial charge >= 0.3 is 0 Å². The van der Waals surface area contributed by atoms with Crippen LogP contribution in [0.5, 0.6) is 5.75 Å². The molecule has 0 radical (unpaired) electrons. The number of hydrogen-bond donors (Lipinski definition) is 2. The Morgan fingerprint density at radius 2 is 2.00 bits per heavy atom. The predicted molar refractivity (Wildman–Crippen MR) is 75.1 cm³/mol. The van der Waals surface area contributed by atoms with Gasteiger partial charge in [-0.3, -0.25) is 9.69 Å². The van der Waals surface area contributed by atoms with Gasteiger partial charge in [0.25, 0.3) is 5.91 Å². The summed E-state index contributed by atoms with van der Waals surface area (Å²) in [5.41, 5.74) is 0.817. The summed E-state index contributed by atoms with van der Waals surface area (Å²) in [6.07, 6.45) is 1.72. The Morgan fingerprint density at radius 1 is 1.33 bits per heavy atom. The zero-order valence-electron chi connectivity index (χ0n) is 9.37. The minimum Gasteiger partial charge on any atom is -0.508 e. The lowest BCUT2D eigenvalue weighted by Gasteiger charge is -2.11. The Bertz CT molecular complexity index is 511. The Balaban J connectivity index is 2.22. The van der Waals surface area contributed by atoms with Crippen molar-refractivity contribution in [1.82, 2.24) is 4.90 Å². The van der Waals surface area contributed by atoms with E-state index < -0.39 is 0 Å². The van der Waals surface area contributed by atoms with E-state index in [1.54, 1.807) is 30.3 Å². The molecule has 1 heterocycles. The summed E-state index contributed by atoms with van der Waals surface area (Å²) in [5.74, 6) is -0.00731. The van der Waals surface area contributed by atoms with E-state index in [0.717, 1.165) is 5.56 Å². The summed E-state index contributed by atoms with van der Waals surface area (Å²) in [5, 5.41) is 18.0. The van der Waals surface area contributed by atoms with Gasteiger partial charge < -0.3 is 10.2 Å². The van der Waals surface area contributed by atoms with Crippen LogP contribution in [0.25, 0.3) is 6.08 Å². The fraction of sp³-hybridized carbons (Fsp3) is 0.167. The number of benzene rings is 1. The van der Waals surface area contributed by atoms with Crippen LogP contribution in [0.3, 0.4) is 0 Å². The third-order valence-corrected chi connectivity index (χ3v) is 3.77. The second-order valence-corrected chi connectivity index (χ2v) is 5.32. The number of thiocarbonyl (C=S) groups is 1. The van der Waals surface area contributed by atoms with Crippen LogP contribution in [-0.4, -0.2) is 38.5 Å². The Labute approximate surface area is 114 Å². The van der Waals surface area contributed by atoms with Crippen molar-refractivity contribution in [2.24, 2.45) is 0 Å². The van der Waals surface area contributed by atoms with Crippen molar-refractivity contribution in [2.45, 2.75) is 0 Å². The largest absolute Gasteiger partial charge is 0.508 e. The summed E-state index contributed by atoms with van der Waals surface area (Å²) in [4.78, 5) is 13.9. The predicted octanol–water partition coefficient (Wildman–Crippen LogP) is 1.59. The number of phenolic OH excluding ortho intramolecular Hbond substituents is 1. The third kappa shape index (κ3) is 2.72. The topological polar surface area (TPSA) is 60.8 Å². The molecule has 1 saturated heterocycles. The van der Waals surface area contributed by atoms with Crippen molar-refractivity contribution in [3.63, 3.8) is 0 Å². The number of hydrogen-bond acceptors (Lipinski definition) is 5. The molecular formula is C12H11NO3S2. The molecule has 2 rings (SSSR count). The average Bonchev–Trinajstić information content (AvgIpc) is 2.60. The van der Waals surface area contributed by atoms with Crippen LogP contribution in [0.2, 0.25) is 0 Å². The van der Waals surface area contributed by atoms with E-state index in [-0.39, 0.29) is 24.8 Å². The van der Waals surface area contributed by atoms with E-state index in [1.807, 2.05) is 0 Å². The lowest BCUT2D eigenvalue weighted by atomic mass is 10.2. The van der Waals surface area contributed by atoms with E-state index in [0.29, 0.717) is 9.23 Å². The van der Waals surface area contributed by atoms with Crippen LogP contribution in [0, 0.1) is 0 Å². The number of aromatic hydroxyl groups is 1. The zero-order chi connectivity index (χ0) is 13.1. The van der Waals surface area contributed by atoms with Gasteiger partial charge in [0.05, 0.1) is 18.1 Å². The average molecular weight is 281 g/mol. The molecule has 94 valence electrons. The summed E-state index contributed by atoms with van der Waals surface area (Å²) in [7, 11) is 0. The van der Waals surface area contributed by atoms with Crippen molar-refractivity contribution in [1.29, 1.82) is 0 Å². The number of amides is 1. The molecule has 0 atom stereocenters. The second kappa shape index (κ2) is 5.51. The van der Waals surface area contributed by atoms with Crippen LogP contribution in [0.15, 0.2) is 29.2 Å². The SMILES string of the molecule is O=C1/C(=C/c2ccc(O)cc2)SC(=S)N1CCO. The maximum absolute atomic E-state index is 12.0. The first kappa shape index (κ1) is 13.1. The summed E-state index contributed by atoms with van der Waals surface area (Å²) >= 11 is 6.29. The summed E-state index contributed by atoms with van der Waals surface area (Å²) in [6, 6.07) is 6.54. The van der Waals surface area contributed by atoms with Gasteiger partial charge in [0, 0.05) is 0 Å². The molecule has 0 saturated carbocycles. The van der Waals surface area contributed by atoms with E-state index in [4.69, 9.17) is 17.3 Å². The summed E-state index contributed by atoms with van der Waals surface area (Å²) in [6.45, 7) is 0.108. The van der Waals surface area contributed by atoms with Crippen LogP contribution in [0.1, 0.15) is 5.56 Å². The van der Waals surface area contributed by atoms with Gasteiger partial charge in [-0.25, -0.2) is 0 Å². The van der Waals surface area contributed by atoms with Crippen molar-refractivity contribution in [3.8, 4) is 5.75 Å².